The fourth-order valence-electron chi connectivity index (χ4n) is 3.12. The maximum Gasteiger partial charge on any atom is 0.408 e. The van der Waals surface area contributed by atoms with E-state index in [1.54, 1.807) is 0 Å². The zero-order chi connectivity index (χ0) is 16.4. The molecule has 0 atom stereocenters. The van der Waals surface area contributed by atoms with Crippen LogP contribution in [0.2, 0.25) is 0 Å². The van der Waals surface area contributed by atoms with Gasteiger partial charge < -0.3 is 10.1 Å². The van der Waals surface area contributed by atoms with Crippen LogP contribution in [0.3, 0.4) is 0 Å². The van der Waals surface area contributed by atoms with E-state index >= 15 is 0 Å². The number of hydrogen-bond donors (Lipinski definition) is 1. The van der Waals surface area contributed by atoms with Crippen LogP contribution in [0.25, 0.3) is 0 Å². The predicted molar refractivity (Wildman–Crippen MR) is 93.0 cm³/mol. The lowest BCUT2D eigenvalue weighted by Gasteiger charge is -2.39. The van der Waals surface area contributed by atoms with Gasteiger partial charge in [-0.15, -0.1) is 0 Å². The van der Waals surface area contributed by atoms with Crippen LogP contribution in [0, 0.1) is 6.92 Å². The van der Waals surface area contributed by atoms with Gasteiger partial charge in [0.2, 0.25) is 0 Å². The summed E-state index contributed by atoms with van der Waals surface area (Å²) in [5.74, 6) is 0. The average Bonchev–Trinajstić information content (AvgIpc) is 2.36. The summed E-state index contributed by atoms with van der Waals surface area (Å²) in [5, 5.41) is 3.17. The SMILES string of the molecule is Cc1ccc(C2(NC(=O)OC(C)(C)C)CCCCC2)c(Br)c1. The predicted octanol–water partition coefficient (Wildman–Crippen LogP) is 5.44. The van der Waals surface area contributed by atoms with Crippen LogP contribution in [0.15, 0.2) is 22.7 Å². The minimum Gasteiger partial charge on any atom is -0.444 e. The van der Waals surface area contributed by atoms with E-state index < -0.39 is 5.60 Å². The van der Waals surface area contributed by atoms with Gasteiger partial charge in [-0.25, -0.2) is 4.79 Å². The van der Waals surface area contributed by atoms with Gasteiger partial charge in [0.25, 0.3) is 0 Å². The Morgan fingerprint density at radius 3 is 2.41 bits per heavy atom. The standard InChI is InChI=1S/C18H26BrNO2/c1-13-8-9-14(15(19)12-13)18(10-6-5-7-11-18)20-16(21)22-17(2,3)4/h8-9,12H,5-7,10-11H2,1-4H3,(H,20,21). The molecule has 0 unspecified atom stereocenters. The third kappa shape index (κ3) is 4.25. The molecular weight excluding hydrogens is 342 g/mol. The number of rotatable bonds is 2. The Morgan fingerprint density at radius 2 is 1.86 bits per heavy atom. The Hall–Kier alpha value is -1.03. The van der Waals surface area contributed by atoms with Gasteiger partial charge in [0, 0.05) is 4.47 Å². The van der Waals surface area contributed by atoms with E-state index in [0.29, 0.717) is 0 Å². The van der Waals surface area contributed by atoms with E-state index in [1.807, 2.05) is 20.8 Å². The molecule has 1 aromatic rings. The van der Waals surface area contributed by atoms with Crippen molar-refractivity contribution < 1.29 is 9.53 Å². The van der Waals surface area contributed by atoms with Gasteiger partial charge in [-0.05, 0) is 57.7 Å². The van der Waals surface area contributed by atoms with Crippen LogP contribution in [0.5, 0.6) is 0 Å². The third-order valence-corrected chi connectivity index (χ3v) is 4.74. The van der Waals surface area contributed by atoms with Crippen LogP contribution >= 0.6 is 15.9 Å². The second-order valence-electron chi connectivity index (χ2n) is 7.25. The second kappa shape index (κ2) is 6.61. The summed E-state index contributed by atoms with van der Waals surface area (Å²) in [6.45, 7) is 7.75. The molecule has 2 rings (SSSR count). The third-order valence-electron chi connectivity index (χ3n) is 4.09. The highest BCUT2D eigenvalue weighted by Gasteiger charge is 2.38. The number of halogens is 1. The molecule has 122 valence electrons. The Labute approximate surface area is 141 Å². The molecule has 0 radical (unpaired) electrons. The monoisotopic (exact) mass is 367 g/mol. The largest absolute Gasteiger partial charge is 0.444 e. The van der Waals surface area contributed by atoms with Crippen LogP contribution < -0.4 is 5.32 Å². The molecule has 1 aliphatic rings. The second-order valence-corrected chi connectivity index (χ2v) is 8.11. The Bertz CT molecular complexity index is 543. The van der Waals surface area contributed by atoms with Gasteiger partial charge in [-0.3, -0.25) is 0 Å². The first-order valence-corrected chi connectivity index (χ1v) is 8.79. The molecule has 22 heavy (non-hydrogen) atoms. The Morgan fingerprint density at radius 1 is 1.23 bits per heavy atom. The van der Waals surface area contributed by atoms with Crippen molar-refractivity contribution in [3.05, 3.63) is 33.8 Å². The summed E-state index contributed by atoms with van der Waals surface area (Å²) in [6, 6.07) is 6.35. The Kier molecular flexibility index (Phi) is 5.21. The summed E-state index contributed by atoms with van der Waals surface area (Å²) >= 11 is 3.68. The summed E-state index contributed by atoms with van der Waals surface area (Å²) in [6.07, 6.45) is 5.04. The van der Waals surface area contributed by atoms with Gasteiger partial charge in [0.05, 0.1) is 5.54 Å². The molecule has 1 aromatic carbocycles. The molecule has 3 nitrogen and oxygen atoms in total. The highest BCUT2D eigenvalue weighted by atomic mass is 79.9. The van der Waals surface area contributed by atoms with Crippen molar-refractivity contribution in [3.63, 3.8) is 0 Å². The fourth-order valence-corrected chi connectivity index (χ4v) is 4.00. The minimum atomic E-state index is -0.482. The molecule has 0 spiro atoms. The maximum absolute atomic E-state index is 12.3. The van der Waals surface area contributed by atoms with E-state index in [-0.39, 0.29) is 11.6 Å². The highest BCUT2D eigenvalue weighted by molar-refractivity contribution is 9.10. The highest BCUT2D eigenvalue weighted by Crippen LogP contribution is 2.40. The first-order chi connectivity index (χ1) is 10.2. The molecule has 0 aromatic heterocycles. The molecular formula is C18H26BrNO2. The van der Waals surface area contributed by atoms with Crippen molar-refractivity contribution in [1.29, 1.82) is 0 Å². The molecule has 1 aliphatic carbocycles. The molecule has 4 heteroatoms. The number of alkyl carbamates (subject to hydrolysis) is 1. The van der Waals surface area contributed by atoms with Gasteiger partial charge in [-0.2, -0.15) is 0 Å². The molecule has 0 aliphatic heterocycles. The summed E-state index contributed by atoms with van der Waals surface area (Å²) in [5.41, 5.74) is 1.56. The Balaban J connectivity index is 2.30. The van der Waals surface area contributed by atoms with Gasteiger partial charge >= 0.3 is 6.09 Å². The van der Waals surface area contributed by atoms with E-state index in [1.165, 1.54) is 12.0 Å². The topological polar surface area (TPSA) is 38.3 Å². The van der Waals surface area contributed by atoms with E-state index in [9.17, 15) is 4.79 Å². The minimum absolute atomic E-state index is 0.326. The number of hydrogen-bond acceptors (Lipinski definition) is 2. The van der Waals surface area contributed by atoms with Crippen molar-refractivity contribution in [2.24, 2.45) is 0 Å². The van der Waals surface area contributed by atoms with E-state index in [2.05, 4.69) is 46.4 Å². The van der Waals surface area contributed by atoms with Gasteiger partial charge in [0.15, 0.2) is 0 Å². The lowest BCUT2D eigenvalue weighted by Crippen LogP contribution is -2.49. The molecule has 1 fully saturated rings. The quantitative estimate of drug-likeness (QED) is 0.755. The molecule has 1 N–H and O–H groups in total. The van der Waals surface area contributed by atoms with E-state index in [0.717, 1.165) is 35.7 Å². The number of ether oxygens (including phenoxy) is 1. The summed E-state index contributed by atoms with van der Waals surface area (Å²) < 4.78 is 6.55. The lowest BCUT2D eigenvalue weighted by molar-refractivity contribution is 0.0419. The number of amides is 1. The van der Waals surface area contributed by atoms with Crippen molar-refractivity contribution in [2.75, 3.05) is 0 Å². The van der Waals surface area contributed by atoms with Crippen molar-refractivity contribution >= 4 is 22.0 Å². The van der Waals surface area contributed by atoms with Gasteiger partial charge in [-0.1, -0.05) is 47.3 Å². The molecule has 0 bridgehead atoms. The number of nitrogens with one attached hydrogen (secondary N) is 1. The van der Waals surface area contributed by atoms with Crippen molar-refractivity contribution in [1.82, 2.24) is 5.32 Å². The molecule has 1 amide bonds. The number of benzene rings is 1. The van der Waals surface area contributed by atoms with Crippen molar-refractivity contribution in [3.8, 4) is 0 Å². The molecule has 1 saturated carbocycles. The number of carbonyl (C=O) groups is 1. The molecule has 0 heterocycles. The van der Waals surface area contributed by atoms with Crippen LogP contribution in [0.4, 0.5) is 4.79 Å². The fraction of sp³-hybridized carbons (Fsp3) is 0.611. The zero-order valence-electron chi connectivity index (χ0n) is 14.0. The maximum atomic E-state index is 12.3. The average molecular weight is 368 g/mol. The van der Waals surface area contributed by atoms with E-state index in [4.69, 9.17) is 4.74 Å². The van der Waals surface area contributed by atoms with Crippen LogP contribution in [-0.2, 0) is 10.3 Å². The lowest BCUT2D eigenvalue weighted by atomic mass is 9.76. The number of carbonyl (C=O) groups excluding carboxylic acids is 1. The molecule has 0 saturated heterocycles. The smallest absolute Gasteiger partial charge is 0.408 e. The first-order valence-electron chi connectivity index (χ1n) is 8.00. The summed E-state index contributed by atoms with van der Waals surface area (Å²) in [7, 11) is 0. The van der Waals surface area contributed by atoms with Crippen LogP contribution in [0.1, 0.15) is 64.0 Å². The zero-order valence-corrected chi connectivity index (χ0v) is 15.5. The summed E-state index contributed by atoms with van der Waals surface area (Å²) in [4.78, 5) is 12.3. The van der Waals surface area contributed by atoms with Crippen LogP contribution in [-0.4, -0.2) is 11.7 Å². The first kappa shape index (κ1) is 17.3. The van der Waals surface area contributed by atoms with Gasteiger partial charge in [0.1, 0.15) is 5.60 Å². The number of aryl methyl sites for hydroxylation is 1. The van der Waals surface area contributed by atoms with Crippen molar-refractivity contribution in [2.45, 2.75) is 70.9 Å². The normalized spacial score (nSPS) is 17.9.